The summed E-state index contributed by atoms with van der Waals surface area (Å²) in [4.78, 5) is 4.34. The minimum Gasteiger partial charge on any atom is -0.313 e. The van der Waals surface area contributed by atoms with Crippen LogP contribution in [0.5, 0.6) is 0 Å². The molecule has 0 aliphatic heterocycles. The van der Waals surface area contributed by atoms with E-state index in [0.717, 1.165) is 30.8 Å². The Morgan fingerprint density at radius 3 is 2.52 bits per heavy atom. The third-order valence-corrected chi connectivity index (χ3v) is 4.13. The molecule has 0 amide bonds. The number of rotatable bonds is 6. The van der Waals surface area contributed by atoms with E-state index >= 15 is 0 Å². The monoisotopic (exact) mass is 284 g/mol. The molecular weight excluding hydrogens is 260 g/mol. The zero-order chi connectivity index (χ0) is 14.8. The highest BCUT2D eigenvalue weighted by molar-refractivity contribution is 5.25. The molecule has 4 heteroatoms. The molecule has 1 aromatic carbocycles. The lowest BCUT2D eigenvalue weighted by atomic mass is 10.00. The highest BCUT2D eigenvalue weighted by atomic mass is 15.3. The van der Waals surface area contributed by atoms with Crippen LogP contribution in [0.3, 0.4) is 0 Å². The summed E-state index contributed by atoms with van der Waals surface area (Å²) in [6.45, 7) is 8.09. The van der Waals surface area contributed by atoms with Gasteiger partial charge in [-0.05, 0) is 43.7 Å². The average molecular weight is 284 g/mol. The van der Waals surface area contributed by atoms with Crippen LogP contribution < -0.4 is 5.32 Å². The second-order valence-corrected chi connectivity index (χ2v) is 6.19. The summed E-state index contributed by atoms with van der Waals surface area (Å²) in [6, 6.07) is 9.69. The van der Waals surface area contributed by atoms with Crippen LogP contribution in [-0.2, 0) is 6.54 Å². The first-order valence-electron chi connectivity index (χ1n) is 7.82. The molecule has 1 saturated carbocycles. The Morgan fingerprint density at radius 1 is 1.24 bits per heavy atom. The van der Waals surface area contributed by atoms with Crippen molar-refractivity contribution in [1.82, 2.24) is 20.1 Å². The van der Waals surface area contributed by atoms with Gasteiger partial charge in [0.25, 0.3) is 0 Å². The number of aromatic nitrogens is 3. The quantitative estimate of drug-likeness (QED) is 0.887. The van der Waals surface area contributed by atoms with Gasteiger partial charge in [-0.15, -0.1) is 0 Å². The van der Waals surface area contributed by atoms with E-state index in [1.807, 2.05) is 18.5 Å². The molecule has 3 rings (SSSR count). The van der Waals surface area contributed by atoms with Crippen molar-refractivity contribution in [3.8, 4) is 0 Å². The lowest BCUT2D eigenvalue weighted by molar-refractivity contribution is 0.611. The number of benzene rings is 1. The van der Waals surface area contributed by atoms with Crippen LogP contribution in [0, 0.1) is 13.8 Å². The van der Waals surface area contributed by atoms with E-state index in [1.165, 1.54) is 24.0 Å². The number of hydrogen-bond acceptors (Lipinski definition) is 3. The summed E-state index contributed by atoms with van der Waals surface area (Å²) in [7, 11) is 0. The van der Waals surface area contributed by atoms with E-state index in [-0.39, 0.29) is 0 Å². The predicted molar refractivity (Wildman–Crippen MR) is 84.5 cm³/mol. The maximum Gasteiger partial charge on any atom is 0.147 e. The van der Waals surface area contributed by atoms with Gasteiger partial charge in [-0.25, -0.2) is 9.67 Å². The number of nitrogens with zero attached hydrogens (tertiary/aromatic N) is 3. The maximum absolute atomic E-state index is 4.41. The smallest absolute Gasteiger partial charge is 0.147 e. The molecule has 0 bridgehead atoms. The highest BCUT2D eigenvalue weighted by Gasteiger charge is 2.21. The minimum absolute atomic E-state index is 0.565. The molecule has 0 radical (unpaired) electrons. The summed E-state index contributed by atoms with van der Waals surface area (Å²) in [5.41, 5.74) is 2.67. The van der Waals surface area contributed by atoms with Crippen molar-refractivity contribution in [2.45, 2.75) is 52.1 Å². The fraction of sp³-hybridized carbons (Fsp3) is 0.529. The first kappa shape index (κ1) is 14.3. The summed E-state index contributed by atoms with van der Waals surface area (Å²) in [6.07, 6.45) is 2.70. The van der Waals surface area contributed by atoms with Gasteiger partial charge in [0.05, 0.1) is 6.54 Å². The van der Waals surface area contributed by atoms with Crippen molar-refractivity contribution in [3.05, 3.63) is 47.0 Å². The maximum atomic E-state index is 4.41. The third-order valence-electron chi connectivity index (χ3n) is 4.13. The van der Waals surface area contributed by atoms with Crippen molar-refractivity contribution in [2.75, 3.05) is 6.54 Å². The molecule has 1 aliphatic carbocycles. The van der Waals surface area contributed by atoms with Gasteiger partial charge in [-0.3, -0.25) is 0 Å². The number of aryl methyl sites for hydroxylation is 2. The van der Waals surface area contributed by atoms with Crippen LogP contribution in [-0.4, -0.2) is 27.4 Å². The SMILES string of the molecule is Cc1nc(C)n(Cc2ccc(C(C)CNC3CC3)cc2)n1. The summed E-state index contributed by atoms with van der Waals surface area (Å²) in [5, 5.41) is 8.01. The Labute approximate surface area is 126 Å². The van der Waals surface area contributed by atoms with E-state index in [2.05, 4.69) is 46.6 Å². The number of nitrogens with one attached hydrogen (secondary N) is 1. The van der Waals surface area contributed by atoms with Crippen LogP contribution in [0.1, 0.15) is 48.5 Å². The second kappa shape index (κ2) is 5.98. The van der Waals surface area contributed by atoms with Gasteiger partial charge in [0.15, 0.2) is 0 Å². The molecular formula is C17H24N4. The zero-order valence-electron chi connectivity index (χ0n) is 13.1. The van der Waals surface area contributed by atoms with E-state index in [1.54, 1.807) is 0 Å². The molecule has 1 aromatic heterocycles. The van der Waals surface area contributed by atoms with Crippen molar-refractivity contribution in [1.29, 1.82) is 0 Å². The van der Waals surface area contributed by atoms with Gasteiger partial charge in [0, 0.05) is 12.6 Å². The van der Waals surface area contributed by atoms with Crippen LogP contribution in [0.2, 0.25) is 0 Å². The number of hydrogen-bond donors (Lipinski definition) is 1. The Bertz CT molecular complexity index is 596. The van der Waals surface area contributed by atoms with Gasteiger partial charge in [0.1, 0.15) is 11.6 Å². The fourth-order valence-electron chi connectivity index (χ4n) is 2.58. The minimum atomic E-state index is 0.565. The molecule has 1 unspecified atom stereocenters. The van der Waals surface area contributed by atoms with E-state index < -0.39 is 0 Å². The van der Waals surface area contributed by atoms with Crippen molar-refractivity contribution < 1.29 is 0 Å². The molecule has 1 fully saturated rings. The van der Waals surface area contributed by atoms with Gasteiger partial charge in [0.2, 0.25) is 0 Å². The van der Waals surface area contributed by atoms with Crippen molar-refractivity contribution in [3.63, 3.8) is 0 Å². The first-order chi connectivity index (χ1) is 10.1. The molecule has 1 aliphatic rings. The molecule has 1 heterocycles. The van der Waals surface area contributed by atoms with E-state index in [9.17, 15) is 0 Å². The molecule has 2 aromatic rings. The van der Waals surface area contributed by atoms with Crippen LogP contribution in [0.25, 0.3) is 0 Å². The topological polar surface area (TPSA) is 42.7 Å². The Balaban J connectivity index is 1.61. The average Bonchev–Trinajstić information content (AvgIpc) is 3.23. The standard InChI is InChI=1S/C17H24N4/c1-12(10-18-17-8-9-17)16-6-4-15(5-7-16)11-21-14(3)19-13(2)20-21/h4-7,12,17-18H,8-11H2,1-3H3. The molecule has 1 N–H and O–H groups in total. The van der Waals surface area contributed by atoms with Gasteiger partial charge < -0.3 is 5.32 Å². The molecule has 1 atom stereocenters. The lowest BCUT2D eigenvalue weighted by Gasteiger charge is -2.13. The van der Waals surface area contributed by atoms with E-state index in [0.29, 0.717) is 5.92 Å². The van der Waals surface area contributed by atoms with Gasteiger partial charge in [-0.2, -0.15) is 5.10 Å². The molecule has 0 saturated heterocycles. The first-order valence-corrected chi connectivity index (χ1v) is 7.82. The van der Waals surface area contributed by atoms with Crippen molar-refractivity contribution >= 4 is 0 Å². The van der Waals surface area contributed by atoms with Crippen LogP contribution in [0.15, 0.2) is 24.3 Å². The molecule has 4 nitrogen and oxygen atoms in total. The second-order valence-electron chi connectivity index (χ2n) is 6.19. The normalized spacial score (nSPS) is 16.1. The highest BCUT2D eigenvalue weighted by Crippen LogP contribution is 2.21. The summed E-state index contributed by atoms with van der Waals surface area (Å²) < 4.78 is 1.96. The Kier molecular flexibility index (Phi) is 4.06. The van der Waals surface area contributed by atoms with Gasteiger partial charge in [-0.1, -0.05) is 31.2 Å². The lowest BCUT2D eigenvalue weighted by Crippen LogP contribution is -2.22. The Hall–Kier alpha value is -1.68. The summed E-state index contributed by atoms with van der Waals surface area (Å²) >= 11 is 0. The Morgan fingerprint density at radius 2 is 1.95 bits per heavy atom. The van der Waals surface area contributed by atoms with Crippen molar-refractivity contribution in [2.24, 2.45) is 0 Å². The largest absolute Gasteiger partial charge is 0.313 e. The predicted octanol–water partition coefficient (Wildman–Crippen LogP) is 2.80. The van der Waals surface area contributed by atoms with Crippen LogP contribution >= 0.6 is 0 Å². The van der Waals surface area contributed by atoms with E-state index in [4.69, 9.17) is 0 Å². The fourth-order valence-corrected chi connectivity index (χ4v) is 2.58. The molecule has 112 valence electrons. The third kappa shape index (κ3) is 3.70. The molecule has 0 spiro atoms. The van der Waals surface area contributed by atoms with Gasteiger partial charge >= 0.3 is 0 Å². The van der Waals surface area contributed by atoms with Crippen LogP contribution in [0.4, 0.5) is 0 Å². The summed E-state index contributed by atoms with van der Waals surface area (Å²) in [5.74, 6) is 2.37. The molecule has 21 heavy (non-hydrogen) atoms. The zero-order valence-corrected chi connectivity index (χ0v) is 13.1.